The Morgan fingerprint density at radius 1 is 0.875 bits per heavy atom. The van der Waals surface area contributed by atoms with E-state index in [0.717, 1.165) is 8.95 Å². The van der Waals surface area contributed by atoms with Crippen molar-refractivity contribution in [2.24, 2.45) is 0 Å². The van der Waals surface area contributed by atoms with E-state index in [1.54, 1.807) is 0 Å². The second-order valence-electron chi connectivity index (χ2n) is 5.21. The van der Waals surface area contributed by atoms with Gasteiger partial charge in [0.05, 0.1) is 11.1 Å². The summed E-state index contributed by atoms with van der Waals surface area (Å²) in [5.41, 5.74) is 2.73. The monoisotopic (exact) mass is 409 g/mol. The molecule has 0 aromatic heterocycles. The van der Waals surface area contributed by atoms with E-state index in [2.05, 4.69) is 91.8 Å². The molecule has 1 nitrogen and oxygen atoms in total. The second kappa shape index (κ2) is 3.81. The maximum Gasteiger partial charge on any atom is 0.0522 e. The van der Waals surface area contributed by atoms with E-state index in [4.69, 9.17) is 0 Å². The van der Waals surface area contributed by atoms with Gasteiger partial charge in [-0.05, 0) is 82.8 Å². The molecule has 1 aromatic rings. The van der Waals surface area contributed by atoms with Gasteiger partial charge in [0.15, 0.2) is 0 Å². The van der Waals surface area contributed by atoms with Gasteiger partial charge >= 0.3 is 0 Å². The molecule has 1 aliphatic rings. The summed E-state index contributed by atoms with van der Waals surface area (Å²) in [7, 11) is 0. The molecule has 0 bridgehead atoms. The van der Waals surface area contributed by atoms with Crippen LogP contribution in [0, 0.1) is 0 Å². The smallest absolute Gasteiger partial charge is 0.0522 e. The Hall–Kier alpha value is 0.620. The van der Waals surface area contributed by atoms with Gasteiger partial charge in [-0.15, -0.1) is 0 Å². The lowest BCUT2D eigenvalue weighted by molar-refractivity contribution is 0.175. The van der Waals surface area contributed by atoms with Crippen LogP contribution in [0.5, 0.6) is 0 Å². The van der Waals surface area contributed by atoms with Gasteiger partial charge < -0.3 is 0 Å². The van der Waals surface area contributed by atoms with Crippen molar-refractivity contribution in [1.29, 1.82) is 0 Å². The van der Waals surface area contributed by atoms with Crippen molar-refractivity contribution in [3.05, 3.63) is 32.2 Å². The number of nitrogens with zero attached hydrogens (tertiary/aromatic N) is 1. The zero-order valence-corrected chi connectivity index (χ0v) is 14.5. The van der Waals surface area contributed by atoms with Crippen LogP contribution in [0.15, 0.2) is 21.1 Å². The van der Waals surface area contributed by atoms with Crippen LogP contribution in [0.1, 0.15) is 38.8 Å². The molecule has 0 radical (unpaired) electrons. The summed E-state index contributed by atoms with van der Waals surface area (Å²) in [6.07, 6.45) is 0. The molecule has 2 rings (SSSR count). The Morgan fingerprint density at radius 2 is 1.19 bits per heavy atom. The first kappa shape index (κ1) is 13.1. The minimum absolute atomic E-state index is 0.00204. The fourth-order valence-electron chi connectivity index (χ4n) is 2.47. The molecule has 88 valence electrons. The van der Waals surface area contributed by atoms with E-state index >= 15 is 0 Å². The van der Waals surface area contributed by atoms with Gasteiger partial charge in [0.25, 0.3) is 0 Å². The summed E-state index contributed by atoms with van der Waals surface area (Å²) < 4.78 is 4.46. The minimum atomic E-state index is 0.00204. The molecule has 0 unspecified atom stereocenters. The highest BCUT2D eigenvalue weighted by Crippen LogP contribution is 2.52. The van der Waals surface area contributed by atoms with Gasteiger partial charge in [0, 0.05) is 25.1 Å². The Balaban J connectivity index is 2.75. The van der Waals surface area contributed by atoms with Crippen molar-refractivity contribution in [3.8, 4) is 0 Å². The van der Waals surface area contributed by atoms with Crippen LogP contribution in [0.2, 0.25) is 0 Å². The summed E-state index contributed by atoms with van der Waals surface area (Å²) in [5.74, 6) is 0. The molecule has 16 heavy (non-hydrogen) atoms. The number of hydrogen-bond acceptors (Lipinski definition) is 1. The third-order valence-corrected chi connectivity index (χ3v) is 6.98. The van der Waals surface area contributed by atoms with Crippen LogP contribution in [0.3, 0.4) is 0 Å². The summed E-state index contributed by atoms with van der Waals surface area (Å²) in [4.78, 5) is 0. The molecule has 0 N–H and O–H groups in total. The minimum Gasteiger partial charge on any atom is -0.222 e. The molecule has 0 saturated heterocycles. The van der Waals surface area contributed by atoms with Crippen LogP contribution in [-0.2, 0) is 11.1 Å². The van der Waals surface area contributed by atoms with Gasteiger partial charge in [-0.1, -0.05) is 0 Å². The first-order valence-corrected chi connectivity index (χ1v) is 7.44. The normalized spacial score (nSPS) is 22.2. The van der Waals surface area contributed by atoms with Gasteiger partial charge in [0.1, 0.15) is 0 Å². The highest BCUT2D eigenvalue weighted by atomic mass is 79.9. The maximum absolute atomic E-state index is 3.71. The number of fused-ring (bicyclic) bond motifs is 1. The van der Waals surface area contributed by atoms with E-state index in [9.17, 15) is 0 Å². The quantitative estimate of drug-likeness (QED) is 0.523. The zero-order valence-electron chi connectivity index (χ0n) is 9.74. The number of benzene rings is 1. The van der Waals surface area contributed by atoms with E-state index < -0.39 is 0 Å². The summed E-state index contributed by atoms with van der Waals surface area (Å²) in [6, 6.07) is 4.42. The fraction of sp³-hybridized carbons (Fsp3) is 0.500. The molecule has 0 amide bonds. The van der Waals surface area contributed by atoms with E-state index in [0.29, 0.717) is 0 Å². The van der Waals surface area contributed by atoms with Crippen LogP contribution >= 0.6 is 48.0 Å². The molecule has 4 heteroatoms. The predicted molar refractivity (Wildman–Crippen MR) is 78.7 cm³/mol. The van der Waals surface area contributed by atoms with Gasteiger partial charge in [-0.25, -0.2) is 3.93 Å². The van der Waals surface area contributed by atoms with E-state index in [1.807, 2.05) is 0 Å². The average molecular weight is 412 g/mol. The number of halogens is 3. The maximum atomic E-state index is 3.71. The van der Waals surface area contributed by atoms with E-state index in [-0.39, 0.29) is 11.1 Å². The van der Waals surface area contributed by atoms with Crippen LogP contribution in [0.25, 0.3) is 0 Å². The third-order valence-electron chi connectivity index (χ3n) is 3.36. The van der Waals surface area contributed by atoms with Gasteiger partial charge in [-0.2, -0.15) is 0 Å². The lowest BCUT2D eigenvalue weighted by Crippen LogP contribution is -2.37. The standard InChI is InChI=1S/C12H14Br3N/c1-11(2)7-5-9(13)10(14)6-8(7)12(3,4)16(11)15/h5-6H,1-4H3. The van der Waals surface area contributed by atoms with Crippen molar-refractivity contribution in [3.63, 3.8) is 0 Å². The largest absolute Gasteiger partial charge is 0.222 e. The van der Waals surface area contributed by atoms with Crippen molar-refractivity contribution in [2.45, 2.75) is 38.8 Å². The number of hydrogen-bond donors (Lipinski definition) is 0. The van der Waals surface area contributed by atoms with E-state index in [1.165, 1.54) is 11.1 Å². The average Bonchev–Trinajstić information content (AvgIpc) is 2.29. The van der Waals surface area contributed by atoms with Crippen molar-refractivity contribution >= 4 is 48.0 Å². The molecule has 0 fully saturated rings. The first-order chi connectivity index (χ1) is 7.19. The fourth-order valence-corrected chi connectivity index (χ4v) is 3.54. The number of rotatable bonds is 0. The van der Waals surface area contributed by atoms with Crippen molar-refractivity contribution in [1.82, 2.24) is 3.93 Å². The van der Waals surface area contributed by atoms with Gasteiger partial charge in [-0.3, -0.25) is 0 Å². The van der Waals surface area contributed by atoms with Crippen LogP contribution in [0.4, 0.5) is 0 Å². The molecular formula is C12H14Br3N. The van der Waals surface area contributed by atoms with Gasteiger partial charge in [0.2, 0.25) is 0 Å². The molecule has 1 heterocycles. The molecular weight excluding hydrogens is 398 g/mol. The Labute approximate surface area is 122 Å². The highest BCUT2D eigenvalue weighted by Gasteiger charge is 2.48. The third kappa shape index (κ3) is 1.64. The highest BCUT2D eigenvalue weighted by molar-refractivity contribution is 9.13. The SMILES string of the molecule is CC1(C)c2cc(Br)c(Br)cc2C(C)(C)N1Br. The lowest BCUT2D eigenvalue weighted by Gasteiger charge is -2.35. The lowest BCUT2D eigenvalue weighted by atomic mass is 9.91. The molecule has 0 spiro atoms. The summed E-state index contributed by atoms with van der Waals surface area (Å²) in [5, 5.41) is 0. The Kier molecular flexibility index (Phi) is 3.11. The Morgan fingerprint density at radius 3 is 1.50 bits per heavy atom. The van der Waals surface area contributed by atoms with Crippen molar-refractivity contribution < 1.29 is 0 Å². The molecule has 0 aliphatic carbocycles. The summed E-state index contributed by atoms with van der Waals surface area (Å²) >= 11 is 10.9. The molecule has 0 saturated carbocycles. The summed E-state index contributed by atoms with van der Waals surface area (Å²) in [6.45, 7) is 8.93. The predicted octanol–water partition coefficient (Wildman–Crippen LogP) is 5.31. The molecule has 1 aromatic carbocycles. The first-order valence-electron chi connectivity index (χ1n) is 5.15. The molecule has 1 aliphatic heterocycles. The topological polar surface area (TPSA) is 3.24 Å². The molecule has 0 atom stereocenters. The van der Waals surface area contributed by atoms with Crippen LogP contribution < -0.4 is 0 Å². The van der Waals surface area contributed by atoms with Crippen LogP contribution in [-0.4, -0.2) is 3.93 Å². The zero-order chi connectivity index (χ0) is 12.3. The Bertz CT molecular complexity index is 411. The van der Waals surface area contributed by atoms with Crippen molar-refractivity contribution in [2.75, 3.05) is 0 Å². The second-order valence-corrected chi connectivity index (χ2v) is 7.63.